The molecule has 3 aromatic carbocycles. The van der Waals surface area contributed by atoms with Crippen LogP contribution in [0.3, 0.4) is 0 Å². The van der Waals surface area contributed by atoms with Gasteiger partial charge in [0.25, 0.3) is 0 Å². The molecule has 0 radical (unpaired) electrons. The number of hydrogen-bond donors (Lipinski definition) is 0. The average Bonchev–Trinajstić information content (AvgIpc) is 2.67. The maximum Gasteiger partial charge on any atom is 0.416 e. The summed E-state index contributed by atoms with van der Waals surface area (Å²) in [6.45, 7) is -0.0412. The van der Waals surface area contributed by atoms with Gasteiger partial charge in [-0.15, -0.1) is 0 Å². The highest BCUT2D eigenvalue weighted by molar-refractivity contribution is 5.97. The number of carbonyl (C=O) groups is 1. The van der Waals surface area contributed by atoms with E-state index in [0.717, 1.165) is 12.1 Å². The fraction of sp³-hybridized carbons (Fsp3) is 0.0952. The largest absolute Gasteiger partial charge is 0.457 e. The fourth-order valence-electron chi connectivity index (χ4n) is 2.56. The van der Waals surface area contributed by atoms with Crippen molar-refractivity contribution in [1.29, 1.82) is 0 Å². The monoisotopic (exact) mass is 374 g/mol. The topological polar surface area (TPSA) is 26.3 Å². The molecule has 0 spiro atoms. The van der Waals surface area contributed by atoms with Crippen LogP contribution in [0.5, 0.6) is 0 Å². The molecule has 27 heavy (non-hydrogen) atoms. The van der Waals surface area contributed by atoms with E-state index in [1.54, 1.807) is 24.3 Å². The first kappa shape index (κ1) is 18.6. The predicted molar refractivity (Wildman–Crippen MR) is 92.4 cm³/mol. The zero-order valence-electron chi connectivity index (χ0n) is 14.0. The first-order valence-corrected chi connectivity index (χ1v) is 8.03. The molecule has 2 nitrogen and oxygen atoms in total. The number of ether oxygens (including phenoxy) is 1. The van der Waals surface area contributed by atoms with Crippen molar-refractivity contribution in [3.8, 4) is 11.1 Å². The third-order valence-corrected chi connectivity index (χ3v) is 3.95. The van der Waals surface area contributed by atoms with E-state index >= 15 is 0 Å². The molecule has 0 N–H and O–H groups in total. The maximum absolute atomic E-state index is 12.9. The van der Waals surface area contributed by atoms with Crippen LogP contribution in [-0.2, 0) is 17.5 Å². The van der Waals surface area contributed by atoms with Crippen molar-refractivity contribution < 1.29 is 27.1 Å². The Kier molecular flexibility index (Phi) is 5.26. The minimum absolute atomic E-state index is 0.0412. The lowest BCUT2D eigenvalue weighted by molar-refractivity contribution is -0.137. The van der Waals surface area contributed by atoms with Crippen molar-refractivity contribution >= 4 is 5.97 Å². The second kappa shape index (κ2) is 7.61. The summed E-state index contributed by atoms with van der Waals surface area (Å²) in [5.41, 5.74) is 1.03. The van der Waals surface area contributed by atoms with Gasteiger partial charge in [-0.05, 0) is 47.0 Å². The quantitative estimate of drug-likeness (QED) is 0.422. The second-order valence-corrected chi connectivity index (χ2v) is 5.82. The maximum atomic E-state index is 12.9. The van der Waals surface area contributed by atoms with Gasteiger partial charge >= 0.3 is 12.1 Å². The number of benzene rings is 3. The van der Waals surface area contributed by atoms with E-state index in [-0.39, 0.29) is 12.2 Å². The summed E-state index contributed by atoms with van der Waals surface area (Å²) in [7, 11) is 0. The Morgan fingerprint density at radius 2 is 1.48 bits per heavy atom. The number of rotatable bonds is 4. The lowest BCUT2D eigenvalue weighted by atomic mass is 9.98. The van der Waals surface area contributed by atoms with Crippen LogP contribution in [0.2, 0.25) is 0 Å². The minimum Gasteiger partial charge on any atom is -0.457 e. The zero-order valence-corrected chi connectivity index (χ0v) is 14.0. The van der Waals surface area contributed by atoms with Gasteiger partial charge in [-0.25, -0.2) is 9.18 Å². The fourth-order valence-corrected chi connectivity index (χ4v) is 2.56. The van der Waals surface area contributed by atoms with Gasteiger partial charge in [0.1, 0.15) is 12.4 Å². The lowest BCUT2D eigenvalue weighted by Gasteiger charge is -2.11. The van der Waals surface area contributed by atoms with Crippen LogP contribution < -0.4 is 0 Å². The zero-order chi connectivity index (χ0) is 19.4. The summed E-state index contributed by atoms with van der Waals surface area (Å²) >= 11 is 0. The third-order valence-electron chi connectivity index (χ3n) is 3.95. The van der Waals surface area contributed by atoms with E-state index in [9.17, 15) is 22.4 Å². The predicted octanol–water partition coefficient (Wildman–Crippen LogP) is 5.87. The Labute approximate surface area is 153 Å². The van der Waals surface area contributed by atoms with E-state index in [4.69, 9.17) is 4.74 Å². The van der Waals surface area contributed by atoms with Gasteiger partial charge in [0, 0.05) is 0 Å². The number of alkyl halides is 3. The second-order valence-electron chi connectivity index (χ2n) is 5.82. The molecule has 6 heteroatoms. The van der Waals surface area contributed by atoms with Crippen molar-refractivity contribution in [2.75, 3.05) is 0 Å². The molecule has 3 rings (SSSR count). The Hall–Kier alpha value is -3.15. The van der Waals surface area contributed by atoms with Gasteiger partial charge in [-0.1, -0.05) is 42.5 Å². The number of carbonyl (C=O) groups excluding carboxylic acids is 1. The van der Waals surface area contributed by atoms with E-state index < -0.39 is 23.5 Å². The molecule has 0 aliphatic heterocycles. The number of hydrogen-bond acceptors (Lipinski definition) is 2. The lowest BCUT2D eigenvalue weighted by Crippen LogP contribution is -2.07. The van der Waals surface area contributed by atoms with Crippen molar-refractivity contribution in [2.45, 2.75) is 12.8 Å². The normalized spacial score (nSPS) is 11.3. The molecule has 0 heterocycles. The minimum atomic E-state index is -4.42. The molecule has 0 amide bonds. The van der Waals surface area contributed by atoms with E-state index in [0.29, 0.717) is 16.7 Å². The molecular weight excluding hydrogens is 360 g/mol. The van der Waals surface area contributed by atoms with Crippen LogP contribution in [0, 0.1) is 5.82 Å². The highest BCUT2D eigenvalue weighted by atomic mass is 19.4. The summed E-state index contributed by atoms with van der Waals surface area (Å²) in [6.07, 6.45) is -4.42. The van der Waals surface area contributed by atoms with E-state index in [1.165, 1.54) is 36.4 Å². The van der Waals surface area contributed by atoms with Crippen molar-refractivity contribution in [3.05, 3.63) is 95.3 Å². The Morgan fingerprint density at radius 1 is 0.852 bits per heavy atom. The van der Waals surface area contributed by atoms with Gasteiger partial charge in [0.15, 0.2) is 0 Å². The molecule has 0 unspecified atom stereocenters. The van der Waals surface area contributed by atoms with E-state index in [1.807, 2.05) is 0 Å². The Morgan fingerprint density at radius 3 is 2.11 bits per heavy atom. The Balaban J connectivity index is 1.81. The molecular formula is C21H14F4O2. The van der Waals surface area contributed by atoms with Crippen LogP contribution in [0.15, 0.2) is 72.8 Å². The van der Waals surface area contributed by atoms with Gasteiger partial charge in [0.05, 0.1) is 11.1 Å². The smallest absolute Gasteiger partial charge is 0.416 e. The van der Waals surface area contributed by atoms with Crippen molar-refractivity contribution in [3.63, 3.8) is 0 Å². The first-order chi connectivity index (χ1) is 12.8. The van der Waals surface area contributed by atoms with Crippen LogP contribution in [-0.4, -0.2) is 5.97 Å². The molecule has 0 saturated heterocycles. The van der Waals surface area contributed by atoms with Crippen molar-refractivity contribution in [1.82, 2.24) is 0 Å². The first-order valence-electron chi connectivity index (χ1n) is 8.03. The molecule has 0 aromatic heterocycles. The molecule has 138 valence electrons. The summed E-state index contributed by atoms with van der Waals surface area (Å²) in [4.78, 5) is 12.4. The third kappa shape index (κ3) is 4.53. The molecule has 0 fully saturated rings. The van der Waals surface area contributed by atoms with Gasteiger partial charge in [-0.3, -0.25) is 0 Å². The molecule has 3 aromatic rings. The SMILES string of the molecule is O=C(OCc1ccc(F)cc1)c1ccccc1-c1ccc(C(F)(F)F)cc1. The van der Waals surface area contributed by atoms with Gasteiger partial charge < -0.3 is 4.74 Å². The number of halogens is 4. The van der Waals surface area contributed by atoms with Crippen LogP contribution in [0.25, 0.3) is 11.1 Å². The molecule has 0 bridgehead atoms. The highest BCUT2D eigenvalue weighted by Crippen LogP contribution is 2.32. The highest BCUT2D eigenvalue weighted by Gasteiger charge is 2.30. The summed E-state index contributed by atoms with van der Waals surface area (Å²) in [5, 5.41) is 0. The molecule has 0 aliphatic rings. The van der Waals surface area contributed by atoms with Crippen molar-refractivity contribution in [2.24, 2.45) is 0 Å². The van der Waals surface area contributed by atoms with Gasteiger partial charge in [0.2, 0.25) is 0 Å². The number of esters is 1. The van der Waals surface area contributed by atoms with Crippen LogP contribution in [0.4, 0.5) is 17.6 Å². The van der Waals surface area contributed by atoms with Gasteiger partial charge in [-0.2, -0.15) is 13.2 Å². The van der Waals surface area contributed by atoms with Crippen LogP contribution >= 0.6 is 0 Å². The Bertz CT molecular complexity index is 930. The van der Waals surface area contributed by atoms with E-state index in [2.05, 4.69) is 0 Å². The molecule has 0 saturated carbocycles. The summed E-state index contributed by atoms with van der Waals surface area (Å²) < 4.78 is 56.3. The summed E-state index contributed by atoms with van der Waals surface area (Å²) in [5.74, 6) is -1.01. The average molecular weight is 374 g/mol. The summed E-state index contributed by atoms with van der Waals surface area (Å²) in [6, 6.07) is 16.6. The standard InChI is InChI=1S/C21H14F4O2/c22-17-11-5-14(6-12-17)13-27-20(26)19-4-2-1-3-18(19)15-7-9-16(10-8-15)21(23,24)25/h1-12H,13H2. The molecule has 0 atom stereocenters. The van der Waals surface area contributed by atoms with Crippen LogP contribution in [0.1, 0.15) is 21.5 Å². The molecule has 0 aliphatic carbocycles.